The summed E-state index contributed by atoms with van der Waals surface area (Å²) in [6, 6.07) is 0. The Bertz CT molecular complexity index is 402. The van der Waals surface area contributed by atoms with Crippen LogP contribution in [0.4, 0.5) is 5.82 Å². The fourth-order valence-corrected chi connectivity index (χ4v) is 1.91. The Balaban J connectivity index is 2.07. The topological polar surface area (TPSA) is 58.6 Å². The van der Waals surface area contributed by atoms with Crippen molar-refractivity contribution < 1.29 is 9.53 Å². The Hall–Kier alpha value is -1.85. The van der Waals surface area contributed by atoms with Gasteiger partial charge in [0.25, 0.3) is 5.88 Å². The Morgan fingerprint density at radius 3 is 2.47 bits per heavy atom. The van der Waals surface area contributed by atoms with Gasteiger partial charge in [-0.25, -0.2) is 9.97 Å². The van der Waals surface area contributed by atoms with Crippen molar-refractivity contribution in [3.05, 3.63) is 12.4 Å². The molecular formula is C11H16N4O2. The molecule has 1 amide bonds. The molecule has 0 spiro atoms. The summed E-state index contributed by atoms with van der Waals surface area (Å²) in [5.41, 5.74) is 0. The van der Waals surface area contributed by atoms with Crippen molar-refractivity contribution in [1.29, 1.82) is 0 Å². The summed E-state index contributed by atoms with van der Waals surface area (Å²) in [5, 5.41) is 0. The number of amides is 1. The lowest BCUT2D eigenvalue weighted by Gasteiger charge is -2.34. The zero-order valence-electron chi connectivity index (χ0n) is 10.1. The van der Waals surface area contributed by atoms with Crippen LogP contribution in [0.2, 0.25) is 0 Å². The van der Waals surface area contributed by atoms with E-state index in [0.29, 0.717) is 5.88 Å². The summed E-state index contributed by atoms with van der Waals surface area (Å²) in [6.07, 6.45) is 3.25. The van der Waals surface area contributed by atoms with Gasteiger partial charge < -0.3 is 14.5 Å². The summed E-state index contributed by atoms with van der Waals surface area (Å²) in [6.45, 7) is 4.55. The van der Waals surface area contributed by atoms with Gasteiger partial charge in [-0.3, -0.25) is 4.79 Å². The van der Waals surface area contributed by atoms with E-state index in [2.05, 4.69) is 14.9 Å². The quantitative estimate of drug-likeness (QED) is 0.731. The molecule has 17 heavy (non-hydrogen) atoms. The molecule has 1 aliphatic heterocycles. The van der Waals surface area contributed by atoms with E-state index >= 15 is 0 Å². The molecule has 0 atom stereocenters. The highest BCUT2D eigenvalue weighted by Gasteiger charge is 2.22. The third-order valence-electron chi connectivity index (χ3n) is 2.86. The van der Waals surface area contributed by atoms with Crippen molar-refractivity contribution >= 4 is 11.7 Å². The molecule has 0 saturated carbocycles. The average molecular weight is 236 g/mol. The SMILES string of the molecule is COc1nccnc1N1CCN(C(C)=O)CC1. The molecule has 0 N–H and O–H groups in total. The predicted molar refractivity (Wildman–Crippen MR) is 63.1 cm³/mol. The summed E-state index contributed by atoms with van der Waals surface area (Å²) in [7, 11) is 1.58. The minimum Gasteiger partial charge on any atom is -0.478 e. The van der Waals surface area contributed by atoms with Gasteiger partial charge in [-0.05, 0) is 0 Å². The molecule has 2 heterocycles. The largest absolute Gasteiger partial charge is 0.478 e. The minimum atomic E-state index is 0.121. The second kappa shape index (κ2) is 4.99. The molecule has 0 bridgehead atoms. The molecule has 0 aliphatic carbocycles. The van der Waals surface area contributed by atoms with Gasteiger partial charge in [0.2, 0.25) is 5.91 Å². The number of methoxy groups -OCH3 is 1. The van der Waals surface area contributed by atoms with Gasteiger partial charge in [-0.1, -0.05) is 0 Å². The Labute approximate surface area is 100 Å². The Morgan fingerprint density at radius 2 is 1.88 bits per heavy atom. The van der Waals surface area contributed by atoms with Crippen LogP contribution in [0.3, 0.4) is 0 Å². The van der Waals surface area contributed by atoms with Crippen molar-refractivity contribution in [3.63, 3.8) is 0 Å². The highest BCUT2D eigenvalue weighted by atomic mass is 16.5. The third kappa shape index (κ3) is 2.46. The molecule has 1 fully saturated rings. The maximum Gasteiger partial charge on any atom is 0.257 e. The summed E-state index contributed by atoms with van der Waals surface area (Å²) in [4.78, 5) is 23.5. The molecule has 92 valence electrons. The fourth-order valence-electron chi connectivity index (χ4n) is 1.91. The molecule has 6 heteroatoms. The first-order chi connectivity index (χ1) is 8.22. The van der Waals surface area contributed by atoms with Crippen molar-refractivity contribution in [2.75, 3.05) is 38.2 Å². The summed E-state index contributed by atoms with van der Waals surface area (Å²) < 4.78 is 5.18. The normalized spacial score (nSPS) is 15.9. The number of hydrogen-bond acceptors (Lipinski definition) is 5. The molecule has 1 aromatic rings. The number of carbonyl (C=O) groups excluding carboxylic acids is 1. The van der Waals surface area contributed by atoms with E-state index in [-0.39, 0.29) is 5.91 Å². The van der Waals surface area contributed by atoms with Crippen molar-refractivity contribution in [2.24, 2.45) is 0 Å². The minimum absolute atomic E-state index is 0.121. The summed E-state index contributed by atoms with van der Waals surface area (Å²) in [5.74, 6) is 1.40. The van der Waals surface area contributed by atoms with Gasteiger partial charge in [0.15, 0.2) is 5.82 Å². The van der Waals surface area contributed by atoms with Gasteiger partial charge in [-0.15, -0.1) is 0 Å². The van der Waals surface area contributed by atoms with Crippen LogP contribution < -0.4 is 9.64 Å². The van der Waals surface area contributed by atoms with Crippen LogP contribution in [0.5, 0.6) is 5.88 Å². The van der Waals surface area contributed by atoms with Crippen LogP contribution >= 0.6 is 0 Å². The highest BCUT2D eigenvalue weighted by molar-refractivity contribution is 5.73. The molecular weight excluding hydrogens is 220 g/mol. The van der Waals surface area contributed by atoms with E-state index < -0.39 is 0 Å². The lowest BCUT2D eigenvalue weighted by Crippen LogP contribution is -2.48. The van der Waals surface area contributed by atoms with E-state index in [1.165, 1.54) is 0 Å². The van der Waals surface area contributed by atoms with Crippen LogP contribution in [0, 0.1) is 0 Å². The van der Waals surface area contributed by atoms with Crippen molar-refractivity contribution in [2.45, 2.75) is 6.92 Å². The number of carbonyl (C=O) groups is 1. The second-order valence-corrected chi connectivity index (χ2v) is 3.88. The zero-order valence-corrected chi connectivity index (χ0v) is 10.1. The lowest BCUT2D eigenvalue weighted by atomic mass is 10.3. The first kappa shape index (κ1) is 11.6. The second-order valence-electron chi connectivity index (χ2n) is 3.88. The van der Waals surface area contributed by atoms with Crippen molar-refractivity contribution in [1.82, 2.24) is 14.9 Å². The van der Waals surface area contributed by atoms with Crippen LogP contribution in [0.15, 0.2) is 12.4 Å². The van der Waals surface area contributed by atoms with Crippen LogP contribution in [0.25, 0.3) is 0 Å². The standard InChI is InChI=1S/C11H16N4O2/c1-9(16)14-5-7-15(8-6-14)10-11(17-2)13-4-3-12-10/h3-4H,5-8H2,1-2H3. The number of rotatable bonds is 2. The fraction of sp³-hybridized carbons (Fsp3) is 0.545. The van der Waals surface area contributed by atoms with E-state index in [1.807, 2.05) is 4.90 Å². The van der Waals surface area contributed by atoms with E-state index in [0.717, 1.165) is 32.0 Å². The molecule has 0 unspecified atom stereocenters. The predicted octanol–water partition coefficient (Wildman–Crippen LogP) is 0.154. The monoisotopic (exact) mass is 236 g/mol. The Morgan fingerprint density at radius 1 is 1.24 bits per heavy atom. The lowest BCUT2D eigenvalue weighted by molar-refractivity contribution is -0.129. The maximum atomic E-state index is 11.2. The smallest absolute Gasteiger partial charge is 0.257 e. The molecule has 1 aromatic heterocycles. The molecule has 0 aromatic carbocycles. The average Bonchev–Trinajstić information content (AvgIpc) is 2.39. The zero-order chi connectivity index (χ0) is 12.3. The summed E-state index contributed by atoms with van der Waals surface area (Å²) >= 11 is 0. The van der Waals surface area contributed by atoms with Crippen molar-refractivity contribution in [3.8, 4) is 5.88 Å². The highest BCUT2D eigenvalue weighted by Crippen LogP contribution is 2.22. The van der Waals surface area contributed by atoms with Crippen LogP contribution in [-0.4, -0.2) is 54.1 Å². The molecule has 2 rings (SSSR count). The number of anilines is 1. The van der Waals surface area contributed by atoms with E-state index in [4.69, 9.17) is 4.74 Å². The first-order valence-corrected chi connectivity index (χ1v) is 5.58. The number of ether oxygens (including phenoxy) is 1. The van der Waals surface area contributed by atoms with E-state index in [9.17, 15) is 4.79 Å². The van der Waals surface area contributed by atoms with Gasteiger partial charge in [0.1, 0.15) is 0 Å². The maximum absolute atomic E-state index is 11.2. The number of aromatic nitrogens is 2. The number of piperazine rings is 1. The third-order valence-corrected chi connectivity index (χ3v) is 2.86. The van der Waals surface area contributed by atoms with Gasteiger partial charge >= 0.3 is 0 Å². The Kier molecular flexibility index (Phi) is 3.41. The first-order valence-electron chi connectivity index (χ1n) is 5.58. The number of nitrogens with zero attached hydrogens (tertiary/aromatic N) is 4. The van der Waals surface area contributed by atoms with Gasteiger partial charge in [0.05, 0.1) is 7.11 Å². The molecule has 0 radical (unpaired) electrons. The molecule has 1 aliphatic rings. The molecule has 6 nitrogen and oxygen atoms in total. The van der Waals surface area contributed by atoms with E-state index in [1.54, 1.807) is 26.4 Å². The van der Waals surface area contributed by atoms with Gasteiger partial charge in [-0.2, -0.15) is 0 Å². The van der Waals surface area contributed by atoms with Crippen LogP contribution in [-0.2, 0) is 4.79 Å². The number of hydrogen-bond donors (Lipinski definition) is 0. The van der Waals surface area contributed by atoms with Gasteiger partial charge in [0, 0.05) is 45.5 Å². The van der Waals surface area contributed by atoms with Crippen LogP contribution in [0.1, 0.15) is 6.92 Å². The molecule has 1 saturated heterocycles.